The Labute approximate surface area is 112 Å². The van der Waals surface area contributed by atoms with Gasteiger partial charge < -0.3 is 14.0 Å². The van der Waals surface area contributed by atoms with Crippen molar-refractivity contribution in [1.29, 1.82) is 0 Å². The predicted octanol–water partition coefficient (Wildman–Crippen LogP) is 1.86. The minimum atomic E-state index is 0.142. The number of hydrogen-bond acceptors (Lipinski definition) is 5. The second kappa shape index (κ2) is 5.79. The quantitative estimate of drug-likeness (QED) is 0.823. The molecule has 2 rings (SSSR count). The molecule has 6 nitrogen and oxygen atoms in total. The molecular weight excluding hydrogens is 244 g/mol. The van der Waals surface area contributed by atoms with Crippen molar-refractivity contribution in [2.45, 2.75) is 19.9 Å². The van der Waals surface area contributed by atoms with Gasteiger partial charge in [0.2, 0.25) is 5.88 Å². The van der Waals surface area contributed by atoms with Crippen molar-refractivity contribution >= 4 is 0 Å². The highest BCUT2D eigenvalue weighted by atomic mass is 16.5. The first-order chi connectivity index (χ1) is 9.17. The molecule has 0 bridgehead atoms. The van der Waals surface area contributed by atoms with Crippen LogP contribution in [0.2, 0.25) is 0 Å². The summed E-state index contributed by atoms with van der Waals surface area (Å²) < 4.78 is 12.4. The third-order valence-corrected chi connectivity index (χ3v) is 2.88. The third kappa shape index (κ3) is 2.73. The van der Waals surface area contributed by atoms with Gasteiger partial charge in [0.25, 0.3) is 0 Å². The number of nitrogens with zero attached hydrogens (tertiary/aromatic N) is 4. The lowest BCUT2D eigenvalue weighted by atomic mass is 10.3. The lowest BCUT2D eigenvalue weighted by Gasteiger charge is -2.16. The first-order valence-corrected chi connectivity index (χ1v) is 6.09. The molecule has 0 amide bonds. The Morgan fingerprint density at radius 3 is 2.74 bits per heavy atom. The molecule has 19 heavy (non-hydrogen) atoms. The lowest BCUT2D eigenvalue weighted by Crippen LogP contribution is -2.14. The maximum atomic E-state index is 5.20. The van der Waals surface area contributed by atoms with E-state index in [1.165, 1.54) is 0 Å². The largest absolute Gasteiger partial charge is 0.481 e. The molecule has 0 saturated carbocycles. The molecule has 0 N–H and O–H groups in total. The van der Waals surface area contributed by atoms with Crippen molar-refractivity contribution in [3.8, 4) is 17.4 Å². The van der Waals surface area contributed by atoms with Crippen molar-refractivity contribution in [3.05, 3.63) is 24.0 Å². The number of methoxy groups -OCH3 is 2. The lowest BCUT2D eigenvalue weighted by molar-refractivity contribution is 0.162. The Balaban J connectivity index is 2.44. The molecule has 0 saturated heterocycles. The summed E-state index contributed by atoms with van der Waals surface area (Å²) in [6, 6.07) is 5.72. The fourth-order valence-corrected chi connectivity index (χ4v) is 2.04. The van der Waals surface area contributed by atoms with E-state index in [9.17, 15) is 0 Å². The second-order valence-corrected chi connectivity index (χ2v) is 4.31. The van der Waals surface area contributed by atoms with E-state index < -0.39 is 0 Å². The van der Waals surface area contributed by atoms with Crippen LogP contribution in [0.25, 0.3) is 11.5 Å². The Morgan fingerprint density at radius 1 is 1.26 bits per heavy atom. The molecule has 0 radical (unpaired) electrons. The van der Waals surface area contributed by atoms with Crippen molar-refractivity contribution < 1.29 is 9.47 Å². The molecule has 0 aliphatic rings. The summed E-state index contributed by atoms with van der Waals surface area (Å²) in [5.74, 6) is 2.12. The monoisotopic (exact) mass is 262 g/mol. The molecule has 0 aliphatic carbocycles. The summed E-state index contributed by atoms with van der Waals surface area (Å²) in [5.41, 5.74) is 0.739. The molecule has 0 aliphatic heterocycles. The SMILES string of the molecule is COC[C@H](C)n1c(C)nnc1-c1cccc(OC)n1. The molecule has 0 aromatic carbocycles. The third-order valence-electron chi connectivity index (χ3n) is 2.88. The Kier molecular flexibility index (Phi) is 4.11. The minimum absolute atomic E-state index is 0.142. The maximum Gasteiger partial charge on any atom is 0.213 e. The maximum absolute atomic E-state index is 5.20. The normalized spacial score (nSPS) is 12.4. The van der Waals surface area contributed by atoms with Crippen LogP contribution in [-0.2, 0) is 4.74 Å². The van der Waals surface area contributed by atoms with Crippen LogP contribution in [0, 0.1) is 6.92 Å². The molecule has 2 heterocycles. The Morgan fingerprint density at radius 2 is 2.05 bits per heavy atom. The van der Waals surface area contributed by atoms with Gasteiger partial charge in [-0.15, -0.1) is 10.2 Å². The fraction of sp³-hybridized carbons (Fsp3) is 0.462. The van der Waals surface area contributed by atoms with Crippen LogP contribution in [0.5, 0.6) is 5.88 Å². The molecule has 2 aromatic rings. The minimum Gasteiger partial charge on any atom is -0.481 e. The summed E-state index contributed by atoms with van der Waals surface area (Å²) in [6.07, 6.45) is 0. The van der Waals surface area contributed by atoms with Crippen LogP contribution in [0.1, 0.15) is 18.8 Å². The van der Waals surface area contributed by atoms with Gasteiger partial charge in [-0.2, -0.15) is 0 Å². The average Bonchev–Trinajstić information content (AvgIpc) is 2.81. The van der Waals surface area contributed by atoms with Gasteiger partial charge in [0.05, 0.1) is 19.8 Å². The summed E-state index contributed by atoms with van der Waals surface area (Å²) in [5, 5.41) is 8.33. The van der Waals surface area contributed by atoms with E-state index in [4.69, 9.17) is 9.47 Å². The van der Waals surface area contributed by atoms with Crippen LogP contribution >= 0.6 is 0 Å². The molecule has 6 heteroatoms. The van der Waals surface area contributed by atoms with Gasteiger partial charge in [0.15, 0.2) is 5.82 Å². The Bertz CT molecular complexity index is 553. The van der Waals surface area contributed by atoms with Gasteiger partial charge in [0, 0.05) is 13.2 Å². The van der Waals surface area contributed by atoms with E-state index >= 15 is 0 Å². The van der Waals surface area contributed by atoms with Crippen LogP contribution in [0.15, 0.2) is 18.2 Å². The zero-order chi connectivity index (χ0) is 13.8. The summed E-state index contributed by atoms with van der Waals surface area (Å²) in [4.78, 5) is 4.39. The van der Waals surface area contributed by atoms with Gasteiger partial charge in [0.1, 0.15) is 11.5 Å². The first-order valence-electron chi connectivity index (χ1n) is 6.09. The number of ether oxygens (including phenoxy) is 2. The van der Waals surface area contributed by atoms with Crippen LogP contribution in [-0.4, -0.2) is 40.6 Å². The first kappa shape index (κ1) is 13.5. The average molecular weight is 262 g/mol. The van der Waals surface area contributed by atoms with Crippen molar-refractivity contribution in [2.24, 2.45) is 0 Å². The predicted molar refractivity (Wildman–Crippen MR) is 71.1 cm³/mol. The zero-order valence-corrected chi connectivity index (χ0v) is 11.6. The van der Waals surface area contributed by atoms with Gasteiger partial charge in [-0.05, 0) is 19.9 Å². The highest BCUT2D eigenvalue weighted by molar-refractivity contribution is 5.50. The summed E-state index contributed by atoms with van der Waals surface area (Å²) in [7, 11) is 3.27. The van der Waals surface area contributed by atoms with Gasteiger partial charge in [-0.1, -0.05) is 6.07 Å². The van der Waals surface area contributed by atoms with Gasteiger partial charge in [-0.25, -0.2) is 4.98 Å². The Hall–Kier alpha value is -1.95. The van der Waals surface area contributed by atoms with E-state index in [1.807, 2.05) is 23.6 Å². The summed E-state index contributed by atoms with van der Waals surface area (Å²) >= 11 is 0. The standard InChI is InChI=1S/C13H18N4O2/c1-9(8-18-3)17-10(2)15-16-13(17)11-6-5-7-12(14-11)19-4/h5-7,9H,8H2,1-4H3/t9-/m0/s1. The molecule has 1 atom stereocenters. The topological polar surface area (TPSA) is 62.1 Å². The smallest absolute Gasteiger partial charge is 0.213 e. The van der Waals surface area contributed by atoms with Crippen molar-refractivity contribution in [3.63, 3.8) is 0 Å². The molecule has 102 valence electrons. The van der Waals surface area contributed by atoms with E-state index in [2.05, 4.69) is 22.1 Å². The van der Waals surface area contributed by atoms with Gasteiger partial charge >= 0.3 is 0 Å². The number of pyridine rings is 1. The van der Waals surface area contributed by atoms with Crippen LogP contribution < -0.4 is 4.74 Å². The fourth-order valence-electron chi connectivity index (χ4n) is 2.04. The number of hydrogen-bond donors (Lipinski definition) is 0. The van der Waals surface area contributed by atoms with E-state index in [0.29, 0.717) is 12.5 Å². The van der Waals surface area contributed by atoms with Crippen LogP contribution in [0.3, 0.4) is 0 Å². The molecule has 0 fully saturated rings. The van der Waals surface area contributed by atoms with Crippen molar-refractivity contribution in [1.82, 2.24) is 19.7 Å². The van der Waals surface area contributed by atoms with Crippen LogP contribution in [0.4, 0.5) is 0 Å². The number of rotatable bonds is 5. The molecule has 2 aromatic heterocycles. The highest BCUT2D eigenvalue weighted by Crippen LogP contribution is 2.22. The highest BCUT2D eigenvalue weighted by Gasteiger charge is 2.17. The number of aryl methyl sites for hydroxylation is 1. The zero-order valence-electron chi connectivity index (χ0n) is 11.6. The molecule has 0 unspecified atom stereocenters. The molecular formula is C13H18N4O2. The number of aromatic nitrogens is 4. The van der Waals surface area contributed by atoms with E-state index in [1.54, 1.807) is 20.3 Å². The van der Waals surface area contributed by atoms with E-state index in [0.717, 1.165) is 17.3 Å². The summed E-state index contributed by atoms with van der Waals surface area (Å²) in [6.45, 7) is 4.57. The van der Waals surface area contributed by atoms with Crippen molar-refractivity contribution in [2.75, 3.05) is 20.8 Å². The van der Waals surface area contributed by atoms with Gasteiger partial charge in [-0.3, -0.25) is 0 Å². The second-order valence-electron chi connectivity index (χ2n) is 4.31. The molecule has 0 spiro atoms. The van der Waals surface area contributed by atoms with E-state index in [-0.39, 0.29) is 6.04 Å².